The van der Waals surface area contributed by atoms with E-state index in [9.17, 15) is 18.0 Å². The quantitative estimate of drug-likeness (QED) is 0.805. The Morgan fingerprint density at radius 3 is 2.58 bits per heavy atom. The number of sulfone groups is 1. The van der Waals surface area contributed by atoms with Gasteiger partial charge in [0.25, 0.3) is 0 Å². The van der Waals surface area contributed by atoms with Crippen LogP contribution in [0.4, 0.5) is 0 Å². The highest BCUT2D eigenvalue weighted by Gasteiger charge is 2.39. The van der Waals surface area contributed by atoms with Crippen LogP contribution in [0.25, 0.3) is 11.1 Å². The lowest BCUT2D eigenvalue weighted by Gasteiger charge is -2.34. The van der Waals surface area contributed by atoms with Crippen molar-refractivity contribution >= 4 is 26.8 Å². The highest BCUT2D eigenvalue weighted by Crippen LogP contribution is 2.29. The van der Waals surface area contributed by atoms with Gasteiger partial charge in [-0.3, -0.25) is 9.36 Å². The van der Waals surface area contributed by atoms with Crippen molar-refractivity contribution in [2.75, 3.05) is 11.5 Å². The molecule has 1 saturated carbocycles. The Morgan fingerprint density at radius 1 is 1.15 bits per heavy atom. The van der Waals surface area contributed by atoms with Gasteiger partial charge in [0.2, 0.25) is 5.91 Å². The van der Waals surface area contributed by atoms with E-state index in [-0.39, 0.29) is 36.0 Å². The van der Waals surface area contributed by atoms with Gasteiger partial charge >= 0.3 is 5.76 Å². The van der Waals surface area contributed by atoms with Crippen LogP contribution in [-0.2, 0) is 21.2 Å². The van der Waals surface area contributed by atoms with Crippen LogP contribution >= 0.6 is 0 Å². The van der Waals surface area contributed by atoms with Crippen LogP contribution in [0.5, 0.6) is 0 Å². The van der Waals surface area contributed by atoms with Crippen LogP contribution in [0, 0.1) is 0 Å². The second kappa shape index (κ2) is 6.57. The first-order valence-corrected chi connectivity index (χ1v) is 10.9. The van der Waals surface area contributed by atoms with E-state index in [0.29, 0.717) is 17.5 Å². The van der Waals surface area contributed by atoms with E-state index < -0.39 is 15.6 Å². The van der Waals surface area contributed by atoms with Gasteiger partial charge in [0, 0.05) is 12.1 Å². The standard InChI is InChI=1S/C18H22N2O5S/c21-17(11-19-15-7-3-4-8-16(15)25-18(19)22)20(13-5-1-2-6-13)14-9-10-26(23,24)12-14/h3-4,7-8,13-14H,1-2,5-6,9-12H2. The van der Waals surface area contributed by atoms with E-state index in [1.165, 1.54) is 4.57 Å². The van der Waals surface area contributed by atoms with Crippen LogP contribution in [0.15, 0.2) is 33.5 Å². The van der Waals surface area contributed by atoms with Crippen molar-refractivity contribution in [1.29, 1.82) is 0 Å². The molecule has 1 saturated heterocycles. The number of benzene rings is 1. The number of amides is 1. The summed E-state index contributed by atoms with van der Waals surface area (Å²) in [6.07, 6.45) is 4.35. The molecule has 4 rings (SSSR count). The predicted octanol–water partition coefficient (Wildman–Crippen LogP) is 1.55. The normalized spacial score (nSPS) is 22.8. The fraction of sp³-hybridized carbons (Fsp3) is 0.556. The summed E-state index contributed by atoms with van der Waals surface area (Å²) < 4.78 is 30.4. The molecule has 0 spiro atoms. The summed E-state index contributed by atoms with van der Waals surface area (Å²) in [6, 6.07) is 6.77. The van der Waals surface area contributed by atoms with Crippen LogP contribution in [0.2, 0.25) is 0 Å². The fourth-order valence-electron chi connectivity index (χ4n) is 4.26. The molecule has 1 aromatic heterocycles. The zero-order valence-corrected chi connectivity index (χ0v) is 15.3. The Kier molecular flexibility index (Phi) is 4.38. The molecule has 1 unspecified atom stereocenters. The maximum atomic E-state index is 13.1. The summed E-state index contributed by atoms with van der Waals surface area (Å²) in [5.74, 6) is -0.614. The zero-order chi connectivity index (χ0) is 18.3. The highest BCUT2D eigenvalue weighted by molar-refractivity contribution is 7.91. The molecule has 2 fully saturated rings. The molecular formula is C18H22N2O5S. The molecule has 7 nitrogen and oxygen atoms in total. The average molecular weight is 378 g/mol. The molecule has 26 heavy (non-hydrogen) atoms. The lowest BCUT2D eigenvalue weighted by molar-refractivity contribution is -0.136. The molecular weight excluding hydrogens is 356 g/mol. The Morgan fingerprint density at radius 2 is 1.88 bits per heavy atom. The van der Waals surface area contributed by atoms with Crippen molar-refractivity contribution in [1.82, 2.24) is 9.47 Å². The molecule has 2 aromatic rings. The lowest BCUT2D eigenvalue weighted by atomic mass is 10.1. The Balaban J connectivity index is 1.64. The van der Waals surface area contributed by atoms with Crippen molar-refractivity contribution in [3.8, 4) is 0 Å². The molecule has 0 bridgehead atoms. The van der Waals surface area contributed by atoms with Crippen molar-refractivity contribution < 1.29 is 17.6 Å². The average Bonchev–Trinajstić information content (AvgIpc) is 3.30. The Labute approximate surface area is 151 Å². The number of nitrogens with zero attached hydrogens (tertiary/aromatic N) is 2. The van der Waals surface area contributed by atoms with Crippen molar-refractivity contribution in [2.24, 2.45) is 0 Å². The topological polar surface area (TPSA) is 89.6 Å². The first-order valence-electron chi connectivity index (χ1n) is 9.04. The number of oxazole rings is 1. The van der Waals surface area contributed by atoms with Crippen molar-refractivity contribution in [2.45, 2.75) is 50.7 Å². The van der Waals surface area contributed by atoms with Crippen LogP contribution in [-0.4, -0.2) is 47.4 Å². The Bertz CT molecular complexity index is 984. The third-order valence-corrected chi connectivity index (χ3v) is 7.23. The number of carbonyl (C=O) groups is 1. The van der Waals surface area contributed by atoms with Gasteiger partial charge in [-0.05, 0) is 31.4 Å². The van der Waals surface area contributed by atoms with Crippen LogP contribution < -0.4 is 5.76 Å². The molecule has 2 heterocycles. The summed E-state index contributed by atoms with van der Waals surface area (Å²) in [5.41, 5.74) is 1.03. The molecule has 1 atom stereocenters. The third-order valence-electron chi connectivity index (χ3n) is 5.47. The molecule has 140 valence electrons. The smallest absolute Gasteiger partial charge is 0.408 e. The number of fused-ring (bicyclic) bond motifs is 1. The monoisotopic (exact) mass is 378 g/mol. The molecule has 0 radical (unpaired) electrons. The van der Waals surface area contributed by atoms with Gasteiger partial charge in [-0.15, -0.1) is 0 Å². The third kappa shape index (κ3) is 3.18. The number of carbonyl (C=O) groups excluding carboxylic acids is 1. The van der Waals surface area contributed by atoms with Gasteiger partial charge < -0.3 is 9.32 Å². The predicted molar refractivity (Wildman–Crippen MR) is 96.6 cm³/mol. The number of hydrogen-bond donors (Lipinski definition) is 0. The minimum Gasteiger partial charge on any atom is -0.408 e. The van der Waals surface area contributed by atoms with E-state index >= 15 is 0 Å². The minimum atomic E-state index is -3.09. The fourth-order valence-corrected chi connectivity index (χ4v) is 5.97. The van der Waals surface area contributed by atoms with Crippen molar-refractivity contribution in [3.05, 3.63) is 34.8 Å². The zero-order valence-electron chi connectivity index (χ0n) is 14.5. The molecule has 8 heteroatoms. The van der Waals surface area contributed by atoms with Gasteiger partial charge in [0.15, 0.2) is 15.4 Å². The molecule has 1 aromatic carbocycles. The molecule has 1 aliphatic heterocycles. The second-order valence-corrected chi connectivity index (χ2v) is 9.45. The first-order chi connectivity index (χ1) is 12.4. The van der Waals surface area contributed by atoms with Gasteiger partial charge in [0.05, 0.1) is 17.0 Å². The van der Waals surface area contributed by atoms with E-state index in [1.807, 2.05) is 0 Å². The van der Waals surface area contributed by atoms with Gasteiger partial charge in [-0.25, -0.2) is 13.2 Å². The lowest BCUT2D eigenvalue weighted by Crippen LogP contribution is -2.48. The largest absolute Gasteiger partial charge is 0.420 e. The molecule has 0 N–H and O–H groups in total. The SMILES string of the molecule is O=C(Cn1c(=O)oc2ccccc21)N(C1CCCC1)C1CCS(=O)(=O)C1. The Hall–Kier alpha value is -2.09. The number of rotatable bonds is 4. The van der Waals surface area contributed by atoms with Gasteiger partial charge in [-0.2, -0.15) is 0 Å². The van der Waals surface area contributed by atoms with E-state index in [4.69, 9.17) is 4.42 Å². The van der Waals surface area contributed by atoms with E-state index in [2.05, 4.69) is 0 Å². The summed E-state index contributed by atoms with van der Waals surface area (Å²) in [4.78, 5) is 27.0. The number of para-hydroxylation sites is 2. The van der Waals surface area contributed by atoms with Crippen LogP contribution in [0.3, 0.4) is 0 Å². The maximum absolute atomic E-state index is 13.1. The van der Waals surface area contributed by atoms with Gasteiger partial charge in [0.1, 0.15) is 6.54 Å². The number of hydrogen-bond acceptors (Lipinski definition) is 5. The van der Waals surface area contributed by atoms with E-state index in [1.54, 1.807) is 29.2 Å². The first kappa shape index (κ1) is 17.3. The summed E-state index contributed by atoms with van der Waals surface area (Å²) >= 11 is 0. The minimum absolute atomic E-state index is 0.0241. The van der Waals surface area contributed by atoms with E-state index in [0.717, 1.165) is 25.7 Å². The maximum Gasteiger partial charge on any atom is 0.420 e. The molecule has 1 aliphatic carbocycles. The number of aromatic nitrogens is 1. The van der Waals surface area contributed by atoms with Crippen LogP contribution in [0.1, 0.15) is 32.1 Å². The highest BCUT2D eigenvalue weighted by atomic mass is 32.2. The van der Waals surface area contributed by atoms with Gasteiger partial charge in [-0.1, -0.05) is 25.0 Å². The second-order valence-electron chi connectivity index (χ2n) is 7.22. The summed E-state index contributed by atoms with van der Waals surface area (Å²) in [7, 11) is -3.09. The summed E-state index contributed by atoms with van der Waals surface area (Å²) in [6.45, 7) is -0.122. The van der Waals surface area contributed by atoms with Crippen molar-refractivity contribution in [3.63, 3.8) is 0 Å². The summed E-state index contributed by atoms with van der Waals surface area (Å²) in [5, 5.41) is 0. The molecule has 2 aliphatic rings. The molecule has 1 amide bonds.